The molecule has 0 radical (unpaired) electrons. The van der Waals surface area contributed by atoms with Gasteiger partial charge in [-0.2, -0.15) is 0 Å². The number of nitrogens with one attached hydrogen (secondary N) is 1. The monoisotopic (exact) mass is 350 g/mol. The average Bonchev–Trinajstić information content (AvgIpc) is 2.84. The largest absolute Gasteiger partial charge is 0.370 e. The Labute approximate surface area is 154 Å². The van der Waals surface area contributed by atoms with Gasteiger partial charge in [-0.1, -0.05) is 36.4 Å². The number of nitrogens with zero attached hydrogens (tertiary/aromatic N) is 2. The molecule has 1 unspecified atom stereocenters. The number of primary amides is 1. The third-order valence-electron chi connectivity index (χ3n) is 5.07. The molecule has 136 valence electrons. The summed E-state index contributed by atoms with van der Waals surface area (Å²) in [6.07, 6.45) is 0.220. The van der Waals surface area contributed by atoms with E-state index in [4.69, 9.17) is 11.1 Å². The fraction of sp³-hybridized carbons (Fsp3) is 0.333. The van der Waals surface area contributed by atoms with Gasteiger partial charge in [-0.25, -0.2) is 0 Å². The molecule has 1 aliphatic rings. The number of nitrogens with two attached hydrogens (primary N) is 1. The molecule has 1 atom stereocenters. The summed E-state index contributed by atoms with van der Waals surface area (Å²) in [6.45, 7) is 8.76. The highest BCUT2D eigenvalue weighted by atomic mass is 16.1. The van der Waals surface area contributed by atoms with Crippen molar-refractivity contribution in [2.24, 2.45) is 5.73 Å². The second kappa shape index (κ2) is 6.83. The van der Waals surface area contributed by atoms with Gasteiger partial charge in [0.15, 0.2) is 0 Å². The van der Waals surface area contributed by atoms with Gasteiger partial charge in [-0.15, -0.1) is 0 Å². The maximum absolute atomic E-state index is 11.7. The molecule has 3 N–H and O–H groups in total. The Morgan fingerprint density at radius 2 is 1.46 bits per heavy atom. The van der Waals surface area contributed by atoms with E-state index in [0.717, 1.165) is 33.6 Å². The van der Waals surface area contributed by atoms with Crippen molar-refractivity contribution in [1.82, 2.24) is 0 Å². The number of carbonyl (C=O) groups is 1. The lowest BCUT2D eigenvalue weighted by atomic mass is 10.1. The summed E-state index contributed by atoms with van der Waals surface area (Å²) in [4.78, 5) is 15.7. The molecule has 1 amide bonds. The summed E-state index contributed by atoms with van der Waals surface area (Å²) < 4.78 is 0. The standard InChI is InChI=1S/C21H26N4O/c1-13-7-5-8-14(2)19(13)24-12-17(11-18(22)26)25(21(24)23)20-15(3)9-6-10-16(20)4/h5-10,17,23H,11-12H2,1-4H3,(H2,22,26). The average molecular weight is 350 g/mol. The molecule has 0 spiro atoms. The van der Waals surface area contributed by atoms with Crippen LogP contribution in [0.15, 0.2) is 36.4 Å². The van der Waals surface area contributed by atoms with Gasteiger partial charge in [0, 0.05) is 24.3 Å². The van der Waals surface area contributed by atoms with E-state index < -0.39 is 0 Å². The first kappa shape index (κ1) is 18.0. The number of aryl methyl sites for hydroxylation is 4. The summed E-state index contributed by atoms with van der Waals surface area (Å²) in [5, 5.41) is 8.90. The molecular formula is C21H26N4O. The number of anilines is 2. The van der Waals surface area contributed by atoms with Gasteiger partial charge in [-0.3, -0.25) is 10.2 Å². The molecule has 0 aromatic heterocycles. The minimum absolute atomic E-state index is 0.154. The lowest BCUT2D eigenvalue weighted by Gasteiger charge is -2.28. The van der Waals surface area contributed by atoms with Crippen LogP contribution in [0.4, 0.5) is 11.4 Å². The quantitative estimate of drug-likeness (QED) is 0.887. The van der Waals surface area contributed by atoms with Crippen LogP contribution < -0.4 is 15.5 Å². The second-order valence-electron chi connectivity index (χ2n) is 7.11. The summed E-state index contributed by atoms with van der Waals surface area (Å²) >= 11 is 0. The topological polar surface area (TPSA) is 73.4 Å². The molecule has 2 aromatic carbocycles. The molecule has 3 rings (SSSR count). The van der Waals surface area contributed by atoms with Crippen LogP contribution in [0.25, 0.3) is 0 Å². The lowest BCUT2D eigenvalue weighted by molar-refractivity contribution is -0.118. The lowest BCUT2D eigenvalue weighted by Crippen LogP contribution is -2.38. The van der Waals surface area contributed by atoms with Gasteiger partial charge in [0.25, 0.3) is 0 Å². The minimum Gasteiger partial charge on any atom is -0.370 e. The highest BCUT2D eigenvalue weighted by Gasteiger charge is 2.39. The van der Waals surface area contributed by atoms with E-state index in [1.807, 2.05) is 47.9 Å². The summed E-state index contributed by atoms with van der Waals surface area (Å²) in [7, 11) is 0. The predicted octanol–water partition coefficient (Wildman–Crippen LogP) is 3.43. The SMILES string of the molecule is Cc1cccc(C)c1N1CC(CC(N)=O)N(c2c(C)cccc2C)C1=N. The Morgan fingerprint density at radius 1 is 1.00 bits per heavy atom. The Bertz CT molecular complexity index is 834. The highest BCUT2D eigenvalue weighted by Crippen LogP contribution is 2.36. The number of guanidine groups is 1. The van der Waals surface area contributed by atoms with Crippen LogP contribution in [0.1, 0.15) is 28.7 Å². The van der Waals surface area contributed by atoms with Crippen LogP contribution in [0, 0.1) is 33.1 Å². The fourth-order valence-electron chi connectivity index (χ4n) is 3.97. The van der Waals surface area contributed by atoms with Crippen molar-refractivity contribution in [3.63, 3.8) is 0 Å². The number of benzene rings is 2. The summed E-state index contributed by atoms with van der Waals surface area (Å²) in [6, 6.07) is 12.1. The second-order valence-corrected chi connectivity index (χ2v) is 7.11. The molecule has 0 aliphatic carbocycles. The van der Waals surface area contributed by atoms with E-state index in [2.05, 4.69) is 26.0 Å². The van der Waals surface area contributed by atoms with Crippen molar-refractivity contribution in [3.05, 3.63) is 58.7 Å². The molecule has 1 saturated heterocycles. The minimum atomic E-state index is -0.345. The molecule has 5 heteroatoms. The third kappa shape index (κ3) is 3.05. The van der Waals surface area contributed by atoms with E-state index in [1.165, 1.54) is 0 Å². The molecule has 1 heterocycles. The Morgan fingerprint density at radius 3 is 1.92 bits per heavy atom. The van der Waals surface area contributed by atoms with Gasteiger partial charge in [0.1, 0.15) is 0 Å². The highest BCUT2D eigenvalue weighted by molar-refractivity contribution is 6.10. The van der Waals surface area contributed by atoms with Crippen molar-refractivity contribution >= 4 is 23.2 Å². The van der Waals surface area contributed by atoms with E-state index in [1.54, 1.807) is 0 Å². The molecule has 2 aromatic rings. The van der Waals surface area contributed by atoms with Gasteiger partial charge in [-0.05, 0) is 49.9 Å². The summed E-state index contributed by atoms with van der Waals surface area (Å²) in [5.41, 5.74) is 12.0. The van der Waals surface area contributed by atoms with Crippen LogP contribution in [0.5, 0.6) is 0 Å². The van der Waals surface area contributed by atoms with Gasteiger partial charge in [0.05, 0.1) is 6.04 Å². The molecule has 0 bridgehead atoms. The first-order chi connectivity index (χ1) is 12.3. The van der Waals surface area contributed by atoms with E-state index in [0.29, 0.717) is 12.5 Å². The molecule has 26 heavy (non-hydrogen) atoms. The van der Waals surface area contributed by atoms with E-state index in [9.17, 15) is 4.79 Å². The Balaban J connectivity index is 2.11. The van der Waals surface area contributed by atoms with Gasteiger partial charge >= 0.3 is 0 Å². The molecule has 1 fully saturated rings. The first-order valence-electron chi connectivity index (χ1n) is 8.87. The Kier molecular flexibility index (Phi) is 4.72. The fourth-order valence-corrected chi connectivity index (χ4v) is 3.97. The van der Waals surface area contributed by atoms with Crippen molar-refractivity contribution in [3.8, 4) is 0 Å². The molecule has 0 saturated carbocycles. The number of rotatable bonds is 4. The maximum atomic E-state index is 11.7. The van der Waals surface area contributed by atoms with Crippen LogP contribution in [0.3, 0.4) is 0 Å². The molecule has 5 nitrogen and oxygen atoms in total. The number of carbonyl (C=O) groups excluding carboxylic acids is 1. The van der Waals surface area contributed by atoms with Crippen molar-refractivity contribution < 1.29 is 4.79 Å². The predicted molar refractivity (Wildman–Crippen MR) is 107 cm³/mol. The Hall–Kier alpha value is -2.82. The summed E-state index contributed by atoms with van der Waals surface area (Å²) in [5.74, 6) is 0.0495. The van der Waals surface area contributed by atoms with Gasteiger partial charge in [0.2, 0.25) is 11.9 Å². The van der Waals surface area contributed by atoms with E-state index in [-0.39, 0.29) is 18.4 Å². The number of hydrogen-bond acceptors (Lipinski definition) is 2. The first-order valence-corrected chi connectivity index (χ1v) is 8.87. The van der Waals surface area contributed by atoms with Crippen molar-refractivity contribution in [2.45, 2.75) is 40.2 Å². The zero-order chi connectivity index (χ0) is 19.0. The normalized spacial score (nSPS) is 17.1. The van der Waals surface area contributed by atoms with Crippen LogP contribution in [0.2, 0.25) is 0 Å². The smallest absolute Gasteiger partial charge is 0.219 e. The zero-order valence-electron chi connectivity index (χ0n) is 15.8. The molecular weight excluding hydrogens is 324 g/mol. The van der Waals surface area contributed by atoms with Crippen LogP contribution >= 0.6 is 0 Å². The number of amides is 1. The van der Waals surface area contributed by atoms with Gasteiger partial charge < -0.3 is 15.5 Å². The number of para-hydroxylation sites is 2. The van der Waals surface area contributed by atoms with E-state index >= 15 is 0 Å². The zero-order valence-corrected chi connectivity index (χ0v) is 15.8. The molecule has 1 aliphatic heterocycles. The van der Waals surface area contributed by atoms with Crippen LogP contribution in [-0.4, -0.2) is 24.5 Å². The van der Waals surface area contributed by atoms with Crippen molar-refractivity contribution in [2.75, 3.05) is 16.3 Å². The number of hydrogen-bond donors (Lipinski definition) is 2. The maximum Gasteiger partial charge on any atom is 0.219 e. The van der Waals surface area contributed by atoms with Crippen LogP contribution in [-0.2, 0) is 4.79 Å². The third-order valence-corrected chi connectivity index (χ3v) is 5.07. The van der Waals surface area contributed by atoms with Crippen molar-refractivity contribution in [1.29, 1.82) is 5.41 Å².